The molecule has 2 bridgehead atoms. The van der Waals surface area contributed by atoms with Gasteiger partial charge in [-0.25, -0.2) is 0 Å². The molecule has 9 heteroatoms. The predicted octanol–water partition coefficient (Wildman–Crippen LogP) is 4.79. The van der Waals surface area contributed by atoms with Gasteiger partial charge in [0.1, 0.15) is 17.4 Å². The van der Waals surface area contributed by atoms with Crippen LogP contribution in [0.4, 0.5) is 5.69 Å². The Labute approximate surface area is 278 Å². The summed E-state index contributed by atoms with van der Waals surface area (Å²) in [4.78, 5) is 49.1. The van der Waals surface area contributed by atoms with Gasteiger partial charge in [0.25, 0.3) is 0 Å². The van der Waals surface area contributed by atoms with Crippen LogP contribution in [0.1, 0.15) is 51.5 Å². The third-order valence-corrected chi connectivity index (χ3v) is 9.91. The highest BCUT2D eigenvalue weighted by Gasteiger charge is 2.75. The number of aliphatic hydroxyl groups excluding tert-OH is 1. The molecular formula is C38H49N3O6. The molecular weight excluding hydrogens is 594 g/mol. The molecule has 1 spiro atoms. The minimum Gasteiger partial charge on any atom is -0.494 e. The number of ether oxygens (including phenoxy) is 2. The molecule has 3 amide bonds. The maximum atomic E-state index is 14.8. The summed E-state index contributed by atoms with van der Waals surface area (Å²) in [5.74, 6) is -1.70. The quantitative estimate of drug-likeness (QED) is 0.197. The first-order chi connectivity index (χ1) is 22.8. The molecule has 252 valence electrons. The Bertz CT molecular complexity index is 1410. The summed E-state index contributed by atoms with van der Waals surface area (Å²) in [5.41, 5.74) is 0.429. The van der Waals surface area contributed by atoms with Gasteiger partial charge in [-0.05, 0) is 62.4 Å². The van der Waals surface area contributed by atoms with Crippen molar-refractivity contribution in [2.24, 2.45) is 11.8 Å². The molecule has 6 atom stereocenters. The van der Waals surface area contributed by atoms with Crippen molar-refractivity contribution in [3.63, 3.8) is 0 Å². The van der Waals surface area contributed by atoms with Crippen LogP contribution in [0.2, 0.25) is 0 Å². The summed E-state index contributed by atoms with van der Waals surface area (Å²) < 4.78 is 12.4. The zero-order chi connectivity index (χ0) is 33.6. The van der Waals surface area contributed by atoms with Crippen molar-refractivity contribution >= 4 is 23.4 Å². The van der Waals surface area contributed by atoms with E-state index in [1.54, 1.807) is 26.9 Å². The highest BCUT2D eigenvalue weighted by atomic mass is 16.5. The normalized spacial score (nSPS) is 24.9. The van der Waals surface area contributed by atoms with E-state index in [0.717, 1.165) is 24.8 Å². The standard InChI is InChI=1S/C38H49N3O6/c1-5-9-13-24-39(22-6-2)37(45)34-38-21-20-31(47-38)32(35(43)40(23-7-3)28-16-18-30(19-17-28)46-8-4)33(38)36(44)41(34)29(26-42)25-27-14-11-10-12-15-27/h6-7,10-12,14-19,29,31-34,42H,2-3,5,8-9,13,20-26H2,1,4H3/t29-,31-,32+,33+,34?,38?/m1/s1. The largest absolute Gasteiger partial charge is 0.494 e. The molecule has 1 N–H and O–H groups in total. The summed E-state index contributed by atoms with van der Waals surface area (Å²) >= 11 is 0. The van der Waals surface area contributed by atoms with Gasteiger partial charge in [-0.3, -0.25) is 14.4 Å². The number of likely N-dealkylation sites (tertiary alicyclic amines) is 1. The molecule has 3 aliphatic heterocycles. The first kappa shape index (κ1) is 34.4. The molecule has 47 heavy (non-hydrogen) atoms. The monoisotopic (exact) mass is 643 g/mol. The Morgan fingerprint density at radius 3 is 2.43 bits per heavy atom. The lowest BCUT2D eigenvalue weighted by Gasteiger charge is -2.39. The van der Waals surface area contributed by atoms with Crippen molar-refractivity contribution in [2.45, 2.75) is 76.2 Å². The van der Waals surface area contributed by atoms with E-state index in [2.05, 4.69) is 20.1 Å². The summed E-state index contributed by atoms with van der Waals surface area (Å²) in [6.07, 6.45) is 7.07. The van der Waals surface area contributed by atoms with Crippen molar-refractivity contribution in [2.75, 3.05) is 37.7 Å². The lowest BCUT2D eigenvalue weighted by molar-refractivity contribution is -0.151. The summed E-state index contributed by atoms with van der Waals surface area (Å²) in [6, 6.07) is 15.3. The number of rotatable bonds is 17. The summed E-state index contributed by atoms with van der Waals surface area (Å²) in [7, 11) is 0. The van der Waals surface area contributed by atoms with E-state index in [1.165, 1.54) is 0 Å². The Morgan fingerprint density at radius 2 is 1.79 bits per heavy atom. The molecule has 3 saturated heterocycles. The number of aliphatic hydroxyl groups is 1. The molecule has 0 aromatic heterocycles. The first-order valence-corrected chi connectivity index (χ1v) is 17.0. The highest BCUT2D eigenvalue weighted by Crippen LogP contribution is 2.59. The van der Waals surface area contributed by atoms with Gasteiger partial charge in [0.2, 0.25) is 17.7 Å². The minimum atomic E-state index is -1.17. The summed E-state index contributed by atoms with van der Waals surface area (Å²) in [6.45, 7) is 13.1. The van der Waals surface area contributed by atoms with Gasteiger partial charge >= 0.3 is 0 Å². The second-order valence-corrected chi connectivity index (χ2v) is 12.8. The number of hydrogen-bond acceptors (Lipinski definition) is 6. The topological polar surface area (TPSA) is 99.6 Å². The zero-order valence-electron chi connectivity index (χ0n) is 27.8. The molecule has 0 radical (unpaired) electrons. The van der Waals surface area contributed by atoms with Crippen LogP contribution in [-0.2, 0) is 25.5 Å². The van der Waals surface area contributed by atoms with Crippen LogP contribution in [0.15, 0.2) is 79.9 Å². The molecule has 0 saturated carbocycles. The van der Waals surface area contributed by atoms with Crippen molar-refractivity contribution in [3.05, 3.63) is 85.5 Å². The van der Waals surface area contributed by atoms with Gasteiger partial charge in [-0.1, -0.05) is 62.2 Å². The van der Waals surface area contributed by atoms with Crippen molar-refractivity contribution in [1.29, 1.82) is 0 Å². The molecule has 9 nitrogen and oxygen atoms in total. The third kappa shape index (κ3) is 6.61. The number of anilines is 1. The van der Waals surface area contributed by atoms with E-state index in [1.807, 2.05) is 61.5 Å². The molecule has 2 aromatic carbocycles. The molecule has 0 aliphatic carbocycles. The van der Waals surface area contributed by atoms with E-state index in [4.69, 9.17) is 9.47 Å². The first-order valence-electron chi connectivity index (χ1n) is 17.0. The lowest BCUT2D eigenvalue weighted by atomic mass is 9.70. The molecule has 3 fully saturated rings. The molecule has 2 unspecified atom stereocenters. The number of fused-ring (bicyclic) bond motifs is 1. The number of unbranched alkanes of at least 4 members (excludes halogenated alkanes) is 2. The Hall–Kier alpha value is -3.95. The van der Waals surface area contributed by atoms with Crippen molar-refractivity contribution in [3.8, 4) is 5.75 Å². The Kier molecular flexibility index (Phi) is 11.2. The van der Waals surface area contributed by atoms with E-state index in [9.17, 15) is 19.5 Å². The lowest BCUT2D eigenvalue weighted by Crippen LogP contribution is -2.59. The third-order valence-electron chi connectivity index (χ3n) is 9.91. The average molecular weight is 644 g/mol. The Morgan fingerprint density at radius 1 is 1.06 bits per heavy atom. The SMILES string of the molecule is C=CCN(CCCCC)C(=O)C1N([C@@H](CO)Cc2ccccc2)C(=O)[C@@H]2[C@@H](C(=O)N(CC=C)c3ccc(OCC)cc3)[C@H]3CCC12O3. The van der Waals surface area contributed by atoms with Crippen LogP contribution in [0.5, 0.6) is 5.75 Å². The van der Waals surface area contributed by atoms with Crippen LogP contribution in [0, 0.1) is 11.8 Å². The molecule has 5 rings (SSSR count). The van der Waals surface area contributed by atoms with Crippen molar-refractivity contribution in [1.82, 2.24) is 9.80 Å². The van der Waals surface area contributed by atoms with E-state index in [0.29, 0.717) is 50.4 Å². The second-order valence-electron chi connectivity index (χ2n) is 12.8. The highest BCUT2D eigenvalue weighted by molar-refractivity contribution is 6.03. The summed E-state index contributed by atoms with van der Waals surface area (Å²) in [5, 5.41) is 10.8. The molecule has 2 aromatic rings. The predicted molar refractivity (Wildman–Crippen MR) is 182 cm³/mol. The van der Waals surface area contributed by atoms with Gasteiger partial charge in [0, 0.05) is 25.3 Å². The molecule has 3 aliphatic rings. The smallest absolute Gasteiger partial charge is 0.248 e. The number of carbonyl (C=O) groups excluding carboxylic acids is 3. The zero-order valence-corrected chi connectivity index (χ0v) is 27.8. The van der Waals surface area contributed by atoms with Crippen molar-refractivity contribution < 1.29 is 29.0 Å². The van der Waals surface area contributed by atoms with Gasteiger partial charge in [0.15, 0.2) is 0 Å². The van der Waals surface area contributed by atoms with Gasteiger partial charge in [0.05, 0.1) is 37.2 Å². The number of nitrogens with zero attached hydrogens (tertiary/aromatic N) is 3. The van der Waals surface area contributed by atoms with E-state index < -0.39 is 35.6 Å². The van der Waals surface area contributed by atoms with Crippen LogP contribution >= 0.6 is 0 Å². The van der Waals surface area contributed by atoms with Crippen LogP contribution in [-0.4, -0.2) is 89.3 Å². The number of hydrogen-bond donors (Lipinski definition) is 1. The molecule has 3 heterocycles. The minimum absolute atomic E-state index is 0.216. The number of carbonyl (C=O) groups is 3. The maximum Gasteiger partial charge on any atom is 0.248 e. The average Bonchev–Trinajstić information content (AvgIpc) is 3.73. The fraction of sp³-hybridized carbons (Fsp3) is 0.500. The van der Waals surface area contributed by atoms with Gasteiger partial charge in [-0.15, -0.1) is 13.2 Å². The number of amides is 3. The Balaban J connectivity index is 1.54. The van der Waals surface area contributed by atoms with E-state index in [-0.39, 0.29) is 30.9 Å². The number of benzene rings is 2. The fourth-order valence-electron chi connectivity index (χ4n) is 7.88. The second kappa shape index (κ2) is 15.3. The van der Waals surface area contributed by atoms with Gasteiger partial charge < -0.3 is 29.3 Å². The fourth-order valence-corrected chi connectivity index (χ4v) is 7.88. The van der Waals surface area contributed by atoms with Crippen LogP contribution in [0.3, 0.4) is 0 Å². The van der Waals surface area contributed by atoms with Crippen LogP contribution < -0.4 is 9.64 Å². The maximum absolute atomic E-state index is 14.8. The van der Waals surface area contributed by atoms with Crippen LogP contribution in [0.25, 0.3) is 0 Å². The van der Waals surface area contributed by atoms with Gasteiger partial charge in [-0.2, -0.15) is 0 Å². The van der Waals surface area contributed by atoms with E-state index >= 15 is 0 Å².